The molecule has 0 radical (unpaired) electrons. The van der Waals surface area contributed by atoms with Gasteiger partial charge in [0.15, 0.2) is 5.69 Å². The molecule has 2 aromatic rings. The Morgan fingerprint density at radius 1 is 1.29 bits per heavy atom. The van der Waals surface area contributed by atoms with Crippen LogP contribution in [0.1, 0.15) is 34.6 Å². The lowest BCUT2D eigenvalue weighted by Crippen LogP contribution is -2.48. The number of carbonyl (C=O) groups is 3. The second kappa shape index (κ2) is 7.40. The molecule has 31 heavy (non-hydrogen) atoms. The van der Waals surface area contributed by atoms with E-state index in [0.717, 1.165) is 4.68 Å². The van der Waals surface area contributed by atoms with E-state index in [0.29, 0.717) is 24.9 Å². The maximum atomic E-state index is 13.6. The Morgan fingerprint density at radius 3 is 2.52 bits per heavy atom. The molecule has 1 fully saturated rings. The van der Waals surface area contributed by atoms with Gasteiger partial charge in [-0.1, -0.05) is 0 Å². The third-order valence-electron chi connectivity index (χ3n) is 5.43. The maximum Gasteiger partial charge on any atom is 0.435 e. The number of halogens is 3. The van der Waals surface area contributed by atoms with Gasteiger partial charge in [-0.05, 0) is 43.5 Å². The van der Waals surface area contributed by atoms with Gasteiger partial charge < -0.3 is 19.7 Å². The Kier molecular flexibility index (Phi) is 4.98. The SMILES string of the molecule is COc1ccc(-n2nc(C(F)(F)F)c3c2C(=O)N(CC(=O)NC2(C=O)CC2)CC3)cc1. The van der Waals surface area contributed by atoms with Crippen molar-refractivity contribution >= 4 is 18.1 Å². The van der Waals surface area contributed by atoms with Crippen LogP contribution in [0, 0.1) is 0 Å². The summed E-state index contributed by atoms with van der Waals surface area (Å²) in [4.78, 5) is 37.6. The topological polar surface area (TPSA) is 93.5 Å². The average Bonchev–Trinajstić information content (AvgIpc) is 3.38. The quantitative estimate of drug-likeness (QED) is 0.697. The number of alkyl halides is 3. The molecule has 0 unspecified atom stereocenters. The number of aldehydes is 1. The Hall–Kier alpha value is -3.37. The molecule has 1 aromatic heterocycles. The van der Waals surface area contributed by atoms with Crippen LogP contribution < -0.4 is 10.1 Å². The summed E-state index contributed by atoms with van der Waals surface area (Å²) in [7, 11) is 1.45. The highest BCUT2D eigenvalue weighted by atomic mass is 19.4. The number of nitrogens with one attached hydrogen (secondary N) is 1. The molecular weight excluding hydrogens is 417 g/mol. The highest BCUT2D eigenvalue weighted by Crippen LogP contribution is 2.36. The molecule has 164 valence electrons. The minimum atomic E-state index is -4.73. The van der Waals surface area contributed by atoms with E-state index in [2.05, 4.69) is 10.4 Å². The molecule has 2 amide bonds. The van der Waals surface area contributed by atoms with E-state index < -0.39 is 29.2 Å². The van der Waals surface area contributed by atoms with Crippen molar-refractivity contribution in [1.82, 2.24) is 20.0 Å². The van der Waals surface area contributed by atoms with Crippen molar-refractivity contribution in [2.45, 2.75) is 31.0 Å². The molecule has 1 aromatic carbocycles. The lowest BCUT2D eigenvalue weighted by Gasteiger charge is -2.27. The molecule has 0 atom stereocenters. The van der Waals surface area contributed by atoms with Crippen molar-refractivity contribution in [1.29, 1.82) is 0 Å². The molecular formula is C20H19F3N4O4. The zero-order valence-electron chi connectivity index (χ0n) is 16.5. The number of nitrogens with zero attached hydrogens (tertiary/aromatic N) is 3. The minimum absolute atomic E-state index is 0.0648. The van der Waals surface area contributed by atoms with Crippen LogP contribution in [0.25, 0.3) is 5.69 Å². The number of amides is 2. The summed E-state index contributed by atoms with van der Waals surface area (Å²) in [5.74, 6) is -0.770. The molecule has 0 saturated heterocycles. The van der Waals surface area contributed by atoms with Crippen LogP contribution in [0.3, 0.4) is 0 Å². The molecule has 0 bridgehead atoms. The van der Waals surface area contributed by atoms with Crippen LogP contribution in [0.2, 0.25) is 0 Å². The van der Waals surface area contributed by atoms with Gasteiger partial charge in [0.25, 0.3) is 5.91 Å². The van der Waals surface area contributed by atoms with E-state index in [1.807, 2.05) is 0 Å². The van der Waals surface area contributed by atoms with Gasteiger partial charge in [-0.15, -0.1) is 0 Å². The zero-order valence-corrected chi connectivity index (χ0v) is 16.5. The number of aromatic nitrogens is 2. The number of benzene rings is 1. The minimum Gasteiger partial charge on any atom is -0.497 e. The van der Waals surface area contributed by atoms with Gasteiger partial charge in [0.1, 0.15) is 17.7 Å². The fraction of sp³-hybridized carbons (Fsp3) is 0.400. The van der Waals surface area contributed by atoms with Crippen LogP contribution in [0.4, 0.5) is 13.2 Å². The van der Waals surface area contributed by atoms with Crippen LogP contribution in [0.5, 0.6) is 5.75 Å². The summed E-state index contributed by atoms with van der Waals surface area (Å²) < 4.78 is 46.7. The first kappa shape index (κ1) is 20.9. The predicted octanol–water partition coefficient (Wildman–Crippen LogP) is 1.75. The monoisotopic (exact) mass is 436 g/mol. The Morgan fingerprint density at radius 2 is 1.97 bits per heavy atom. The number of carbonyl (C=O) groups excluding carboxylic acids is 3. The average molecular weight is 436 g/mol. The number of fused-ring (bicyclic) bond motifs is 1. The van der Waals surface area contributed by atoms with Gasteiger partial charge >= 0.3 is 6.18 Å². The van der Waals surface area contributed by atoms with Gasteiger partial charge in [0, 0.05) is 12.1 Å². The van der Waals surface area contributed by atoms with Gasteiger partial charge in [0.05, 0.1) is 24.9 Å². The summed E-state index contributed by atoms with van der Waals surface area (Å²) in [5, 5.41) is 6.27. The summed E-state index contributed by atoms with van der Waals surface area (Å²) in [5.41, 5.74) is -2.17. The lowest BCUT2D eigenvalue weighted by atomic mass is 10.0. The Bertz CT molecular complexity index is 1040. The fourth-order valence-corrected chi connectivity index (χ4v) is 3.59. The molecule has 2 heterocycles. The third-order valence-corrected chi connectivity index (χ3v) is 5.43. The van der Waals surface area contributed by atoms with Crippen molar-refractivity contribution in [3.63, 3.8) is 0 Å². The molecule has 8 nitrogen and oxygen atoms in total. The first-order chi connectivity index (χ1) is 14.7. The molecule has 11 heteroatoms. The smallest absolute Gasteiger partial charge is 0.435 e. The van der Waals surface area contributed by atoms with Gasteiger partial charge in [-0.25, -0.2) is 4.68 Å². The molecule has 1 N–H and O–H groups in total. The van der Waals surface area contributed by atoms with Crippen molar-refractivity contribution < 1.29 is 32.3 Å². The third kappa shape index (κ3) is 3.87. The second-order valence-corrected chi connectivity index (χ2v) is 7.58. The molecule has 1 saturated carbocycles. The van der Waals surface area contributed by atoms with Gasteiger partial charge in [-0.2, -0.15) is 18.3 Å². The number of methoxy groups -OCH3 is 1. The van der Waals surface area contributed by atoms with E-state index in [-0.39, 0.29) is 36.5 Å². The van der Waals surface area contributed by atoms with Crippen molar-refractivity contribution in [3.8, 4) is 11.4 Å². The molecule has 0 spiro atoms. The standard InChI is InChI=1S/C20H19F3N4O4/c1-31-13-4-2-12(3-5-13)27-16-14(17(25-27)20(21,22)23)6-9-26(18(16)30)10-15(29)24-19(11-28)7-8-19/h2-5,11H,6-10H2,1H3,(H,24,29). The second-order valence-electron chi connectivity index (χ2n) is 7.58. The predicted molar refractivity (Wildman–Crippen MR) is 101 cm³/mol. The molecule has 1 aliphatic carbocycles. The summed E-state index contributed by atoms with van der Waals surface area (Å²) in [6.07, 6.45) is -3.11. The van der Waals surface area contributed by atoms with Crippen LogP contribution in [-0.2, 0) is 22.2 Å². The fourth-order valence-electron chi connectivity index (χ4n) is 3.59. The molecule has 1 aliphatic heterocycles. The van der Waals surface area contributed by atoms with Gasteiger partial charge in [-0.3, -0.25) is 9.59 Å². The Labute approximate surface area is 175 Å². The van der Waals surface area contributed by atoms with Crippen LogP contribution in [0.15, 0.2) is 24.3 Å². The highest BCUT2D eigenvalue weighted by molar-refractivity contribution is 5.98. The number of ether oxygens (including phenoxy) is 1. The van der Waals surface area contributed by atoms with Crippen molar-refractivity contribution in [3.05, 3.63) is 41.2 Å². The summed E-state index contributed by atoms with van der Waals surface area (Å²) in [6.45, 7) is -0.423. The lowest BCUT2D eigenvalue weighted by molar-refractivity contribution is -0.142. The van der Waals surface area contributed by atoms with E-state index in [9.17, 15) is 27.6 Å². The molecule has 4 rings (SSSR count). The van der Waals surface area contributed by atoms with E-state index in [1.165, 1.54) is 24.1 Å². The van der Waals surface area contributed by atoms with E-state index in [4.69, 9.17) is 4.74 Å². The normalized spacial score (nSPS) is 17.2. The first-order valence-electron chi connectivity index (χ1n) is 9.57. The first-order valence-corrected chi connectivity index (χ1v) is 9.57. The molecule has 2 aliphatic rings. The zero-order chi connectivity index (χ0) is 22.4. The van der Waals surface area contributed by atoms with Crippen molar-refractivity contribution in [2.24, 2.45) is 0 Å². The number of rotatable bonds is 6. The maximum absolute atomic E-state index is 13.6. The van der Waals surface area contributed by atoms with E-state index in [1.54, 1.807) is 12.1 Å². The summed E-state index contributed by atoms with van der Waals surface area (Å²) in [6, 6.07) is 6.08. The number of hydrogen-bond acceptors (Lipinski definition) is 5. The summed E-state index contributed by atoms with van der Waals surface area (Å²) >= 11 is 0. The van der Waals surface area contributed by atoms with Crippen molar-refractivity contribution in [2.75, 3.05) is 20.2 Å². The highest BCUT2D eigenvalue weighted by Gasteiger charge is 2.46. The van der Waals surface area contributed by atoms with Crippen LogP contribution in [-0.4, -0.2) is 58.5 Å². The number of hydrogen-bond donors (Lipinski definition) is 1. The van der Waals surface area contributed by atoms with Crippen LogP contribution >= 0.6 is 0 Å². The van der Waals surface area contributed by atoms with E-state index >= 15 is 0 Å². The Balaban J connectivity index is 1.67. The van der Waals surface area contributed by atoms with Gasteiger partial charge in [0.2, 0.25) is 5.91 Å². The largest absolute Gasteiger partial charge is 0.497 e.